The Morgan fingerprint density at radius 3 is 2.60 bits per heavy atom. The molecule has 0 spiro atoms. The Labute approximate surface area is 248 Å². The molecule has 3 atom stereocenters. The van der Waals surface area contributed by atoms with Crippen molar-refractivity contribution in [1.82, 2.24) is 25.3 Å². The van der Waals surface area contributed by atoms with Crippen molar-refractivity contribution >= 4 is 11.8 Å². The van der Waals surface area contributed by atoms with Crippen LogP contribution in [0.25, 0.3) is 0 Å². The van der Waals surface area contributed by atoms with Gasteiger partial charge in [-0.25, -0.2) is 4.39 Å². The number of benzene rings is 2. The Bertz CT molecular complexity index is 1330. The highest BCUT2D eigenvalue weighted by molar-refractivity contribution is 5.98. The Morgan fingerprint density at radius 1 is 1.10 bits per heavy atom. The highest BCUT2D eigenvalue weighted by Gasteiger charge is 2.31. The third kappa shape index (κ3) is 8.04. The number of halogens is 1. The zero-order chi connectivity index (χ0) is 30.1. The van der Waals surface area contributed by atoms with Crippen LogP contribution in [0.1, 0.15) is 83.6 Å². The zero-order valence-corrected chi connectivity index (χ0v) is 25.0. The molecule has 1 fully saturated rings. The summed E-state index contributed by atoms with van der Waals surface area (Å²) in [5, 5.41) is 21.8. The Kier molecular flexibility index (Phi) is 11.3. The summed E-state index contributed by atoms with van der Waals surface area (Å²) in [6, 6.07) is 15.8. The molecule has 1 aliphatic heterocycles. The van der Waals surface area contributed by atoms with Crippen LogP contribution in [0.15, 0.2) is 54.6 Å². The molecule has 1 aliphatic rings. The molecule has 9 heteroatoms. The molecule has 0 bridgehead atoms. The van der Waals surface area contributed by atoms with Crippen LogP contribution in [0.4, 0.5) is 4.39 Å². The van der Waals surface area contributed by atoms with Gasteiger partial charge >= 0.3 is 0 Å². The van der Waals surface area contributed by atoms with Gasteiger partial charge in [-0.15, -0.1) is 0 Å². The van der Waals surface area contributed by atoms with Crippen LogP contribution in [0, 0.1) is 12.7 Å². The SMILES string of the molecule is CCCC1CCCCN1C(=O)c1cc(C(=O)N[C@@H](Cc2ccccc2)[C@H](O)CNCc2ccc(F)c(C)c2)nn1CC. The number of aryl methyl sites for hydroxylation is 2. The number of nitrogens with zero attached hydrogens (tertiary/aromatic N) is 3. The number of hydrogen-bond acceptors (Lipinski definition) is 5. The van der Waals surface area contributed by atoms with Crippen LogP contribution < -0.4 is 10.6 Å². The van der Waals surface area contributed by atoms with Gasteiger partial charge in [0.15, 0.2) is 5.69 Å². The minimum atomic E-state index is -0.909. The number of carbonyl (C=O) groups is 2. The summed E-state index contributed by atoms with van der Waals surface area (Å²) in [5.41, 5.74) is 3.01. The van der Waals surface area contributed by atoms with Crippen molar-refractivity contribution in [2.45, 2.75) is 90.6 Å². The summed E-state index contributed by atoms with van der Waals surface area (Å²) in [5.74, 6) is -0.770. The lowest BCUT2D eigenvalue weighted by Crippen LogP contribution is -2.48. The standard InChI is InChI=1S/C33H44FN5O3/c1-4-11-26-14-9-10-17-38(26)33(42)30-20-29(37-39(30)5-2)32(41)36-28(19-24-12-7-6-8-13-24)31(40)22-35-21-25-15-16-27(34)23(3)18-25/h6-8,12-13,15-16,18,20,26,28,31,35,40H,4-5,9-11,14,17,19,21-22H2,1-3H3,(H,36,41)/t26?,28-,31+/m0/s1. The maximum absolute atomic E-state index is 13.6. The molecule has 2 aromatic carbocycles. The fourth-order valence-corrected chi connectivity index (χ4v) is 5.71. The number of aromatic nitrogens is 2. The zero-order valence-electron chi connectivity index (χ0n) is 25.0. The monoisotopic (exact) mass is 577 g/mol. The van der Waals surface area contributed by atoms with Crippen LogP contribution in [0.5, 0.6) is 0 Å². The van der Waals surface area contributed by atoms with Gasteiger partial charge in [0.1, 0.15) is 11.5 Å². The number of carbonyl (C=O) groups excluding carboxylic acids is 2. The molecule has 1 unspecified atom stereocenters. The number of piperidine rings is 1. The normalized spacial score (nSPS) is 16.7. The highest BCUT2D eigenvalue weighted by atomic mass is 19.1. The minimum Gasteiger partial charge on any atom is -0.390 e. The van der Waals surface area contributed by atoms with Gasteiger partial charge in [0.05, 0.1) is 12.1 Å². The van der Waals surface area contributed by atoms with Gasteiger partial charge in [-0.1, -0.05) is 55.8 Å². The third-order valence-electron chi connectivity index (χ3n) is 8.03. The van der Waals surface area contributed by atoms with Crippen molar-refractivity contribution in [3.8, 4) is 0 Å². The summed E-state index contributed by atoms with van der Waals surface area (Å²) < 4.78 is 15.2. The van der Waals surface area contributed by atoms with E-state index in [0.717, 1.165) is 49.8 Å². The van der Waals surface area contributed by atoms with E-state index in [4.69, 9.17) is 0 Å². The Hall–Kier alpha value is -3.56. The molecule has 226 valence electrons. The first-order chi connectivity index (χ1) is 20.3. The van der Waals surface area contributed by atoms with Gasteiger partial charge in [-0.3, -0.25) is 14.3 Å². The number of aliphatic hydroxyl groups is 1. The van der Waals surface area contributed by atoms with Crippen LogP contribution in [-0.2, 0) is 19.5 Å². The first-order valence-electron chi connectivity index (χ1n) is 15.2. The van der Waals surface area contributed by atoms with Crippen molar-refractivity contribution in [2.24, 2.45) is 0 Å². The Morgan fingerprint density at radius 2 is 1.88 bits per heavy atom. The van der Waals surface area contributed by atoms with E-state index in [9.17, 15) is 19.1 Å². The van der Waals surface area contributed by atoms with E-state index in [1.807, 2.05) is 42.2 Å². The number of nitrogens with one attached hydrogen (secondary N) is 2. The van der Waals surface area contributed by atoms with Crippen LogP contribution in [0.2, 0.25) is 0 Å². The highest BCUT2D eigenvalue weighted by Crippen LogP contribution is 2.23. The first-order valence-corrected chi connectivity index (χ1v) is 15.2. The maximum atomic E-state index is 13.6. The average molecular weight is 578 g/mol. The lowest BCUT2D eigenvalue weighted by atomic mass is 9.98. The van der Waals surface area contributed by atoms with Gasteiger partial charge in [0, 0.05) is 38.3 Å². The quantitative estimate of drug-likeness (QED) is 0.275. The Balaban J connectivity index is 1.47. The summed E-state index contributed by atoms with van der Waals surface area (Å²) in [6.45, 7) is 7.60. The second-order valence-electron chi connectivity index (χ2n) is 11.2. The van der Waals surface area contributed by atoms with Crippen molar-refractivity contribution in [3.05, 3.63) is 88.5 Å². The van der Waals surface area contributed by atoms with E-state index >= 15 is 0 Å². The van der Waals surface area contributed by atoms with Gasteiger partial charge in [0.2, 0.25) is 0 Å². The van der Waals surface area contributed by atoms with Gasteiger partial charge in [0.25, 0.3) is 11.8 Å². The third-order valence-corrected chi connectivity index (χ3v) is 8.03. The van der Waals surface area contributed by atoms with Gasteiger partial charge in [-0.05, 0) is 68.7 Å². The molecule has 3 aromatic rings. The van der Waals surface area contributed by atoms with Crippen molar-refractivity contribution in [2.75, 3.05) is 13.1 Å². The lowest BCUT2D eigenvalue weighted by Gasteiger charge is -2.35. The molecule has 1 saturated heterocycles. The number of rotatable bonds is 13. The fraction of sp³-hybridized carbons (Fsp3) is 0.485. The summed E-state index contributed by atoms with van der Waals surface area (Å²) >= 11 is 0. The predicted molar refractivity (Wildman–Crippen MR) is 162 cm³/mol. The van der Waals surface area contributed by atoms with Crippen molar-refractivity contribution in [1.29, 1.82) is 0 Å². The molecule has 8 nitrogen and oxygen atoms in total. The van der Waals surface area contributed by atoms with E-state index in [1.165, 1.54) is 6.07 Å². The number of amides is 2. The molecular formula is C33H44FN5O3. The number of hydrogen-bond donors (Lipinski definition) is 3. The summed E-state index contributed by atoms with van der Waals surface area (Å²) in [7, 11) is 0. The van der Waals surface area contributed by atoms with Crippen LogP contribution in [-0.4, -0.2) is 62.9 Å². The van der Waals surface area contributed by atoms with E-state index in [1.54, 1.807) is 29.8 Å². The minimum absolute atomic E-state index is 0.0809. The summed E-state index contributed by atoms with van der Waals surface area (Å²) in [4.78, 5) is 29.0. The second kappa shape index (κ2) is 15.1. The van der Waals surface area contributed by atoms with E-state index in [-0.39, 0.29) is 30.0 Å². The number of aliphatic hydroxyl groups excluding tert-OH is 1. The molecular weight excluding hydrogens is 533 g/mol. The smallest absolute Gasteiger partial charge is 0.272 e. The lowest BCUT2D eigenvalue weighted by molar-refractivity contribution is 0.0588. The van der Waals surface area contributed by atoms with Gasteiger partial charge in [-0.2, -0.15) is 5.10 Å². The number of likely N-dealkylation sites (tertiary alicyclic amines) is 1. The topological polar surface area (TPSA) is 99.5 Å². The molecule has 0 saturated carbocycles. The van der Waals surface area contributed by atoms with Crippen molar-refractivity contribution in [3.63, 3.8) is 0 Å². The maximum Gasteiger partial charge on any atom is 0.272 e. The molecule has 3 N–H and O–H groups in total. The molecule has 2 amide bonds. The molecule has 2 heterocycles. The van der Waals surface area contributed by atoms with E-state index in [0.29, 0.717) is 30.8 Å². The van der Waals surface area contributed by atoms with E-state index < -0.39 is 18.1 Å². The second-order valence-corrected chi connectivity index (χ2v) is 11.2. The average Bonchev–Trinajstić information content (AvgIpc) is 3.44. The van der Waals surface area contributed by atoms with Crippen LogP contribution in [0.3, 0.4) is 0 Å². The molecule has 0 radical (unpaired) electrons. The molecule has 0 aliphatic carbocycles. The molecule has 4 rings (SSSR count). The molecule has 1 aromatic heterocycles. The van der Waals surface area contributed by atoms with E-state index in [2.05, 4.69) is 22.7 Å². The fourth-order valence-electron chi connectivity index (χ4n) is 5.71. The van der Waals surface area contributed by atoms with Crippen LogP contribution >= 0.6 is 0 Å². The summed E-state index contributed by atoms with van der Waals surface area (Å²) in [6.07, 6.45) is 4.59. The first kappa shape index (κ1) is 31.4. The van der Waals surface area contributed by atoms with Crippen molar-refractivity contribution < 1.29 is 19.1 Å². The molecule has 42 heavy (non-hydrogen) atoms. The predicted octanol–water partition coefficient (Wildman–Crippen LogP) is 4.64. The van der Waals surface area contributed by atoms with Gasteiger partial charge < -0.3 is 20.6 Å². The largest absolute Gasteiger partial charge is 0.390 e.